The number of imidazole rings is 1. The van der Waals surface area contributed by atoms with Gasteiger partial charge >= 0.3 is 0 Å². The van der Waals surface area contributed by atoms with E-state index in [0.717, 1.165) is 33.5 Å². The van der Waals surface area contributed by atoms with Gasteiger partial charge in [0.15, 0.2) is 0 Å². The van der Waals surface area contributed by atoms with Crippen LogP contribution in [0, 0.1) is 0 Å². The molecule has 1 amide bonds. The average Bonchev–Trinajstić information content (AvgIpc) is 3.29. The van der Waals surface area contributed by atoms with Crippen LogP contribution in [0.3, 0.4) is 0 Å². The van der Waals surface area contributed by atoms with Gasteiger partial charge in [0.1, 0.15) is 18.2 Å². The smallest absolute Gasteiger partial charge is 0.224 e. The van der Waals surface area contributed by atoms with E-state index in [1.807, 2.05) is 85.8 Å². The van der Waals surface area contributed by atoms with Crippen LogP contribution >= 0.6 is 11.6 Å². The van der Waals surface area contributed by atoms with Crippen LogP contribution in [-0.2, 0) is 17.8 Å². The first-order chi connectivity index (χ1) is 18.1. The molecule has 5 aromatic rings. The lowest BCUT2D eigenvalue weighted by Gasteiger charge is -2.17. The van der Waals surface area contributed by atoms with Crippen LogP contribution in [0.15, 0.2) is 103 Å². The number of rotatable bonds is 9. The molecule has 0 aliphatic rings. The minimum Gasteiger partial charge on any atom is -0.490 e. The number of fused-ring (bicyclic) bond motifs is 1. The number of benzene rings is 4. The van der Waals surface area contributed by atoms with E-state index in [4.69, 9.17) is 21.3 Å². The summed E-state index contributed by atoms with van der Waals surface area (Å²) in [5.74, 6) is 1.39. The van der Waals surface area contributed by atoms with Gasteiger partial charge in [-0.2, -0.15) is 0 Å². The first-order valence-corrected chi connectivity index (χ1v) is 12.7. The molecule has 186 valence electrons. The Morgan fingerprint density at radius 3 is 2.35 bits per heavy atom. The zero-order valence-corrected chi connectivity index (χ0v) is 21.4. The number of carbonyl (C=O) groups excluding carboxylic acids is 1. The van der Waals surface area contributed by atoms with Crippen LogP contribution < -0.4 is 10.1 Å². The highest BCUT2D eigenvalue weighted by Gasteiger charge is 2.19. The number of hydrogen-bond acceptors (Lipinski definition) is 3. The lowest BCUT2D eigenvalue weighted by molar-refractivity contribution is -0.121. The standard InChI is InChI=1S/C31H28ClN3O2/c1-22(33-30(36)21-23-15-17-25(18-16-23)24-9-3-2-4-10-24)31-34-27-12-6-7-13-28(27)35(31)19-20-37-29-14-8-5-11-26(29)32/h2-18,22H,19-21H2,1H3,(H,33,36). The van der Waals surface area contributed by atoms with Gasteiger partial charge in [0, 0.05) is 0 Å². The van der Waals surface area contributed by atoms with Crippen molar-refractivity contribution >= 4 is 28.5 Å². The maximum Gasteiger partial charge on any atom is 0.224 e. The highest BCUT2D eigenvalue weighted by molar-refractivity contribution is 6.32. The van der Waals surface area contributed by atoms with Crippen LogP contribution in [0.5, 0.6) is 5.75 Å². The maximum absolute atomic E-state index is 12.9. The molecule has 0 bridgehead atoms. The number of nitrogens with one attached hydrogen (secondary N) is 1. The Bertz CT molecular complexity index is 1500. The van der Waals surface area contributed by atoms with Gasteiger partial charge in [0.25, 0.3) is 0 Å². The largest absolute Gasteiger partial charge is 0.490 e. The molecule has 1 heterocycles. The molecule has 6 heteroatoms. The van der Waals surface area contributed by atoms with Crippen molar-refractivity contribution in [1.29, 1.82) is 0 Å². The van der Waals surface area contributed by atoms with Gasteiger partial charge in [-0.15, -0.1) is 0 Å². The van der Waals surface area contributed by atoms with Crippen LogP contribution in [0.25, 0.3) is 22.2 Å². The molecule has 5 rings (SSSR count). The molecule has 0 aliphatic heterocycles. The van der Waals surface area contributed by atoms with E-state index in [1.54, 1.807) is 0 Å². The Balaban J connectivity index is 1.26. The highest BCUT2D eigenvalue weighted by atomic mass is 35.5. The molecule has 37 heavy (non-hydrogen) atoms. The van der Waals surface area contributed by atoms with Gasteiger partial charge < -0.3 is 14.6 Å². The summed E-state index contributed by atoms with van der Waals surface area (Å²) in [4.78, 5) is 17.8. The number of amides is 1. The number of halogens is 1. The molecule has 0 saturated carbocycles. The molecular formula is C31H28ClN3O2. The fourth-order valence-corrected chi connectivity index (χ4v) is 4.65. The normalized spacial score (nSPS) is 11.8. The van der Waals surface area contributed by atoms with Crippen LogP contribution in [-0.4, -0.2) is 22.1 Å². The zero-order chi connectivity index (χ0) is 25.6. The summed E-state index contributed by atoms with van der Waals surface area (Å²) in [6.07, 6.45) is 0.301. The summed E-state index contributed by atoms with van der Waals surface area (Å²) >= 11 is 6.23. The second kappa shape index (κ2) is 11.3. The van der Waals surface area contributed by atoms with Crippen molar-refractivity contribution in [3.05, 3.63) is 120 Å². The topological polar surface area (TPSA) is 56.2 Å². The lowest BCUT2D eigenvalue weighted by atomic mass is 10.0. The second-order valence-electron chi connectivity index (χ2n) is 8.92. The fourth-order valence-electron chi connectivity index (χ4n) is 4.46. The number of nitrogens with zero attached hydrogens (tertiary/aromatic N) is 2. The Morgan fingerprint density at radius 2 is 1.57 bits per heavy atom. The molecule has 0 saturated heterocycles. The molecule has 4 aromatic carbocycles. The van der Waals surface area contributed by atoms with E-state index in [-0.39, 0.29) is 11.9 Å². The van der Waals surface area contributed by atoms with E-state index in [2.05, 4.69) is 34.1 Å². The number of para-hydroxylation sites is 3. The Morgan fingerprint density at radius 1 is 0.892 bits per heavy atom. The molecule has 1 aromatic heterocycles. The third kappa shape index (κ3) is 5.84. The Labute approximate surface area is 221 Å². The third-order valence-electron chi connectivity index (χ3n) is 6.28. The zero-order valence-electron chi connectivity index (χ0n) is 20.6. The molecule has 0 fully saturated rings. The highest BCUT2D eigenvalue weighted by Crippen LogP contribution is 2.25. The minimum absolute atomic E-state index is 0.0501. The van der Waals surface area contributed by atoms with Gasteiger partial charge in [-0.1, -0.05) is 90.5 Å². The fraction of sp³-hybridized carbons (Fsp3) is 0.161. The van der Waals surface area contributed by atoms with Crippen LogP contribution in [0.4, 0.5) is 0 Å². The quantitative estimate of drug-likeness (QED) is 0.236. The van der Waals surface area contributed by atoms with Crippen molar-refractivity contribution in [3.63, 3.8) is 0 Å². The number of carbonyl (C=O) groups is 1. The molecule has 1 atom stereocenters. The minimum atomic E-state index is -0.274. The summed E-state index contributed by atoms with van der Waals surface area (Å²) in [5.41, 5.74) is 5.13. The molecule has 0 aliphatic carbocycles. The summed E-state index contributed by atoms with van der Waals surface area (Å²) in [7, 11) is 0. The third-order valence-corrected chi connectivity index (χ3v) is 6.60. The summed E-state index contributed by atoms with van der Waals surface area (Å²) in [6.45, 7) is 2.96. The SMILES string of the molecule is CC(NC(=O)Cc1ccc(-c2ccccc2)cc1)c1nc2ccccc2n1CCOc1ccccc1Cl. The Hall–Kier alpha value is -4.09. The van der Waals surface area contributed by atoms with Crippen molar-refractivity contribution in [1.82, 2.24) is 14.9 Å². The molecule has 1 unspecified atom stereocenters. The lowest BCUT2D eigenvalue weighted by Crippen LogP contribution is -2.30. The van der Waals surface area contributed by atoms with Gasteiger partial charge in [-0.05, 0) is 47.9 Å². The summed E-state index contributed by atoms with van der Waals surface area (Å²) in [5, 5.41) is 3.70. The van der Waals surface area contributed by atoms with Gasteiger partial charge in [-0.25, -0.2) is 4.98 Å². The predicted molar refractivity (Wildman–Crippen MR) is 149 cm³/mol. The van der Waals surface area contributed by atoms with Gasteiger partial charge in [-0.3, -0.25) is 4.79 Å². The van der Waals surface area contributed by atoms with Crippen molar-refractivity contribution in [3.8, 4) is 16.9 Å². The van der Waals surface area contributed by atoms with E-state index in [1.165, 1.54) is 0 Å². The molecule has 5 nitrogen and oxygen atoms in total. The summed E-state index contributed by atoms with van der Waals surface area (Å²) in [6, 6.07) is 33.4. The molecule has 0 radical (unpaired) electrons. The molecular weight excluding hydrogens is 482 g/mol. The number of hydrogen-bond donors (Lipinski definition) is 1. The maximum atomic E-state index is 12.9. The average molecular weight is 510 g/mol. The first-order valence-electron chi connectivity index (χ1n) is 12.3. The monoisotopic (exact) mass is 509 g/mol. The van der Waals surface area contributed by atoms with Crippen molar-refractivity contribution in [2.75, 3.05) is 6.61 Å². The van der Waals surface area contributed by atoms with E-state index < -0.39 is 0 Å². The number of ether oxygens (including phenoxy) is 1. The van der Waals surface area contributed by atoms with Crippen molar-refractivity contribution in [2.24, 2.45) is 0 Å². The van der Waals surface area contributed by atoms with Crippen LogP contribution in [0.1, 0.15) is 24.4 Å². The van der Waals surface area contributed by atoms with Crippen molar-refractivity contribution < 1.29 is 9.53 Å². The van der Waals surface area contributed by atoms with Gasteiger partial charge in [0.05, 0.1) is 35.1 Å². The molecule has 1 N–H and O–H groups in total. The van der Waals surface area contributed by atoms with E-state index in [9.17, 15) is 4.79 Å². The van der Waals surface area contributed by atoms with Crippen LogP contribution in [0.2, 0.25) is 5.02 Å². The number of aromatic nitrogens is 2. The second-order valence-corrected chi connectivity index (χ2v) is 9.33. The predicted octanol–water partition coefficient (Wildman–Crippen LogP) is 6.86. The van der Waals surface area contributed by atoms with Gasteiger partial charge in [0.2, 0.25) is 5.91 Å². The summed E-state index contributed by atoms with van der Waals surface area (Å²) < 4.78 is 8.03. The first kappa shape index (κ1) is 24.6. The van der Waals surface area contributed by atoms with E-state index in [0.29, 0.717) is 30.3 Å². The van der Waals surface area contributed by atoms with Crippen molar-refractivity contribution in [2.45, 2.75) is 25.9 Å². The Kier molecular flexibility index (Phi) is 7.52. The van der Waals surface area contributed by atoms with E-state index >= 15 is 0 Å². The molecule has 0 spiro atoms.